The van der Waals surface area contributed by atoms with Crippen LogP contribution in [0.15, 0.2) is 22.7 Å². The molecule has 1 amide bonds. The van der Waals surface area contributed by atoms with Gasteiger partial charge in [-0.25, -0.2) is 4.79 Å². The minimum Gasteiger partial charge on any atom is -0.450 e. The Morgan fingerprint density at radius 3 is 2.93 bits per heavy atom. The maximum Gasteiger partial charge on any atom is 0.411 e. The van der Waals surface area contributed by atoms with E-state index in [1.807, 2.05) is 25.1 Å². The third-order valence-electron chi connectivity index (χ3n) is 1.63. The van der Waals surface area contributed by atoms with Crippen molar-refractivity contribution in [3.05, 3.63) is 28.2 Å². The SMILES string of the molecule is CCOC(=O)Nc1cc(C)ccc1Br. The van der Waals surface area contributed by atoms with Gasteiger partial charge in [0.05, 0.1) is 12.3 Å². The van der Waals surface area contributed by atoms with Crippen LogP contribution in [0.1, 0.15) is 12.5 Å². The fraction of sp³-hybridized carbons (Fsp3) is 0.300. The van der Waals surface area contributed by atoms with E-state index < -0.39 is 6.09 Å². The number of halogens is 1. The Labute approximate surface area is 91.6 Å². The maximum absolute atomic E-state index is 11.1. The van der Waals surface area contributed by atoms with Gasteiger partial charge in [-0.05, 0) is 47.5 Å². The van der Waals surface area contributed by atoms with Crippen LogP contribution in [0.25, 0.3) is 0 Å². The van der Waals surface area contributed by atoms with E-state index in [1.165, 1.54) is 0 Å². The molecule has 0 radical (unpaired) electrons. The second-order valence-electron chi connectivity index (χ2n) is 2.83. The van der Waals surface area contributed by atoms with Gasteiger partial charge in [0.1, 0.15) is 0 Å². The smallest absolute Gasteiger partial charge is 0.411 e. The van der Waals surface area contributed by atoms with Gasteiger partial charge in [0.25, 0.3) is 0 Å². The van der Waals surface area contributed by atoms with E-state index in [2.05, 4.69) is 21.2 Å². The predicted octanol–water partition coefficient (Wildman–Crippen LogP) is 3.33. The summed E-state index contributed by atoms with van der Waals surface area (Å²) in [6.07, 6.45) is -0.432. The number of nitrogens with one attached hydrogen (secondary N) is 1. The quantitative estimate of drug-likeness (QED) is 0.883. The number of hydrogen-bond acceptors (Lipinski definition) is 2. The highest BCUT2D eigenvalue weighted by Gasteiger charge is 2.05. The molecule has 14 heavy (non-hydrogen) atoms. The number of ether oxygens (including phenoxy) is 1. The summed E-state index contributed by atoms with van der Waals surface area (Å²) < 4.78 is 5.61. The molecule has 0 fully saturated rings. The summed E-state index contributed by atoms with van der Waals surface area (Å²) in [6, 6.07) is 5.72. The number of hydrogen-bond donors (Lipinski definition) is 1. The largest absolute Gasteiger partial charge is 0.450 e. The zero-order valence-electron chi connectivity index (χ0n) is 8.13. The lowest BCUT2D eigenvalue weighted by Crippen LogP contribution is -2.13. The molecule has 0 saturated heterocycles. The molecule has 0 bridgehead atoms. The number of carbonyl (C=O) groups excluding carboxylic acids is 1. The second kappa shape index (κ2) is 5.00. The van der Waals surface area contributed by atoms with Crippen molar-refractivity contribution in [2.75, 3.05) is 11.9 Å². The number of amides is 1. The Balaban J connectivity index is 2.75. The van der Waals surface area contributed by atoms with Crippen molar-refractivity contribution in [1.29, 1.82) is 0 Å². The molecule has 0 aliphatic heterocycles. The van der Waals surface area contributed by atoms with Gasteiger partial charge < -0.3 is 4.74 Å². The van der Waals surface area contributed by atoms with Crippen molar-refractivity contribution in [3.63, 3.8) is 0 Å². The average molecular weight is 258 g/mol. The topological polar surface area (TPSA) is 38.3 Å². The number of carbonyl (C=O) groups is 1. The van der Waals surface area contributed by atoms with Crippen LogP contribution in [-0.4, -0.2) is 12.7 Å². The summed E-state index contributed by atoms with van der Waals surface area (Å²) >= 11 is 3.34. The number of anilines is 1. The monoisotopic (exact) mass is 257 g/mol. The molecule has 0 unspecified atom stereocenters. The third-order valence-corrected chi connectivity index (χ3v) is 2.33. The van der Waals surface area contributed by atoms with Crippen molar-refractivity contribution in [2.24, 2.45) is 0 Å². The molecule has 3 nitrogen and oxygen atoms in total. The highest BCUT2D eigenvalue weighted by atomic mass is 79.9. The molecule has 1 rings (SSSR count). The van der Waals surface area contributed by atoms with Gasteiger partial charge >= 0.3 is 6.09 Å². The van der Waals surface area contributed by atoms with Crippen LogP contribution in [0.2, 0.25) is 0 Å². The fourth-order valence-corrected chi connectivity index (χ4v) is 1.36. The molecule has 4 heteroatoms. The summed E-state index contributed by atoms with van der Waals surface area (Å²) in [5, 5.41) is 2.64. The highest BCUT2D eigenvalue weighted by molar-refractivity contribution is 9.10. The molecule has 0 saturated carbocycles. The summed E-state index contributed by atoms with van der Waals surface area (Å²) in [5.74, 6) is 0. The molecule has 0 atom stereocenters. The van der Waals surface area contributed by atoms with Crippen molar-refractivity contribution < 1.29 is 9.53 Å². The third kappa shape index (κ3) is 3.03. The zero-order valence-corrected chi connectivity index (χ0v) is 9.72. The van der Waals surface area contributed by atoms with E-state index in [1.54, 1.807) is 6.92 Å². The van der Waals surface area contributed by atoms with Crippen LogP contribution in [0.5, 0.6) is 0 Å². The first-order chi connectivity index (χ1) is 6.63. The van der Waals surface area contributed by atoms with Crippen LogP contribution in [0.4, 0.5) is 10.5 Å². The first-order valence-corrected chi connectivity index (χ1v) is 5.12. The zero-order chi connectivity index (χ0) is 10.6. The van der Waals surface area contributed by atoms with Crippen LogP contribution >= 0.6 is 15.9 Å². The minimum absolute atomic E-state index is 0.370. The highest BCUT2D eigenvalue weighted by Crippen LogP contribution is 2.23. The summed E-state index contributed by atoms with van der Waals surface area (Å²) in [5.41, 5.74) is 1.81. The number of benzene rings is 1. The van der Waals surface area contributed by atoms with Gasteiger partial charge in [-0.2, -0.15) is 0 Å². The van der Waals surface area contributed by atoms with E-state index in [4.69, 9.17) is 4.74 Å². The summed E-state index contributed by atoms with van der Waals surface area (Å²) in [6.45, 7) is 4.10. The molecule has 0 aliphatic carbocycles. The standard InChI is InChI=1S/C10H12BrNO2/c1-3-14-10(13)12-9-6-7(2)4-5-8(9)11/h4-6H,3H2,1-2H3,(H,12,13). The van der Waals surface area contributed by atoms with Gasteiger partial charge in [0, 0.05) is 4.47 Å². The fourth-order valence-electron chi connectivity index (χ4n) is 1.01. The van der Waals surface area contributed by atoms with Gasteiger partial charge in [0.2, 0.25) is 0 Å². The minimum atomic E-state index is -0.432. The molecule has 0 aromatic heterocycles. The van der Waals surface area contributed by atoms with Crippen LogP contribution in [-0.2, 0) is 4.74 Å². The molecule has 1 aromatic carbocycles. The lowest BCUT2D eigenvalue weighted by atomic mass is 10.2. The number of aryl methyl sites for hydroxylation is 1. The van der Waals surface area contributed by atoms with Crippen molar-refractivity contribution in [2.45, 2.75) is 13.8 Å². The molecule has 1 N–H and O–H groups in total. The molecule has 0 heterocycles. The Hall–Kier alpha value is -1.03. The Bertz CT molecular complexity index is 339. The normalized spacial score (nSPS) is 9.64. The van der Waals surface area contributed by atoms with E-state index in [-0.39, 0.29) is 0 Å². The lowest BCUT2D eigenvalue weighted by molar-refractivity contribution is 0.168. The molecule has 0 aliphatic rings. The average Bonchev–Trinajstić information content (AvgIpc) is 2.12. The molecule has 76 valence electrons. The van der Waals surface area contributed by atoms with Gasteiger partial charge in [-0.1, -0.05) is 6.07 Å². The Morgan fingerprint density at radius 1 is 1.57 bits per heavy atom. The second-order valence-corrected chi connectivity index (χ2v) is 3.68. The molecular weight excluding hydrogens is 246 g/mol. The van der Waals surface area contributed by atoms with Crippen LogP contribution in [0.3, 0.4) is 0 Å². The van der Waals surface area contributed by atoms with Crippen LogP contribution < -0.4 is 5.32 Å². The molecule has 1 aromatic rings. The van der Waals surface area contributed by atoms with Gasteiger partial charge in [-0.15, -0.1) is 0 Å². The van der Waals surface area contributed by atoms with Gasteiger partial charge in [-0.3, -0.25) is 5.32 Å². The predicted molar refractivity (Wildman–Crippen MR) is 59.5 cm³/mol. The van der Waals surface area contributed by atoms with Crippen molar-refractivity contribution >= 4 is 27.7 Å². The van der Waals surface area contributed by atoms with Crippen molar-refractivity contribution in [1.82, 2.24) is 0 Å². The summed E-state index contributed by atoms with van der Waals surface area (Å²) in [7, 11) is 0. The maximum atomic E-state index is 11.1. The summed E-state index contributed by atoms with van der Waals surface area (Å²) in [4.78, 5) is 11.1. The number of rotatable bonds is 2. The van der Waals surface area contributed by atoms with E-state index >= 15 is 0 Å². The van der Waals surface area contributed by atoms with Crippen molar-refractivity contribution in [3.8, 4) is 0 Å². The lowest BCUT2D eigenvalue weighted by Gasteiger charge is -2.07. The first kappa shape index (κ1) is 11.0. The van der Waals surface area contributed by atoms with Crippen LogP contribution in [0, 0.1) is 6.92 Å². The Morgan fingerprint density at radius 2 is 2.29 bits per heavy atom. The Kier molecular flexibility index (Phi) is 3.95. The molecule has 0 spiro atoms. The molecular formula is C10H12BrNO2. The van der Waals surface area contributed by atoms with E-state index in [0.717, 1.165) is 15.7 Å². The van der Waals surface area contributed by atoms with E-state index in [0.29, 0.717) is 6.61 Å². The van der Waals surface area contributed by atoms with Gasteiger partial charge in [0.15, 0.2) is 0 Å². The first-order valence-electron chi connectivity index (χ1n) is 4.33. The van der Waals surface area contributed by atoms with E-state index in [9.17, 15) is 4.79 Å².